The summed E-state index contributed by atoms with van der Waals surface area (Å²) in [6.45, 7) is 4.87. The van der Waals surface area contributed by atoms with Crippen molar-refractivity contribution in [2.75, 3.05) is 19.6 Å². The molecule has 25 heavy (non-hydrogen) atoms. The lowest BCUT2D eigenvalue weighted by atomic mass is 9.95. The molecule has 2 aliphatic heterocycles. The molecule has 0 amide bonds. The van der Waals surface area contributed by atoms with Crippen LogP contribution in [0.15, 0.2) is 51.8 Å². The zero-order chi connectivity index (χ0) is 17.5. The molecule has 1 aromatic heterocycles. The molecule has 2 fully saturated rings. The summed E-state index contributed by atoms with van der Waals surface area (Å²) < 4.78 is 33.3. The van der Waals surface area contributed by atoms with Gasteiger partial charge in [-0.3, -0.25) is 4.90 Å². The average Bonchev–Trinajstić information content (AvgIpc) is 3.32. The van der Waals surface area contributed by atoms with Gasteiger partial charge in [-0.05, 0) is 57.0 Å². The van der Waals surface area contributed by atoms with Crippen LogP contribution in [0.2, 0.25) is 0 Å². The summed E-state index contributed by atoms with van der Waals surface area (Å²) in [6.07, 6.45) is 3.05. The molecule has 0 radical (unpaired) electrons. The highest BCUT2D eigenvalue weighted by Gasteiger charge is 2.49. The van der Waals surface area contributed by atoms with E-state index in [9.17, 15) is 8.42 Å². The summed E-state index contributed by atoms with van der Waals surface area (Å²) in [6, 6.07) is 12.8. The van der Waals surface area contributed by atoms with Crippen LogP contribution in [-0.4, -0.2) is 42.8 Å². The number of hydrogen-bond acceptors (Lipinski definition) is 4. The highest BCUT2D eigenvalue weighted by molar-refractivity contribution is 7.89. The van der Waals surface area contributed by atoms with E-state index in [1.165, 1.54) is 0 Å². The van der Waals surface area contributed by atoms with Gasteiger partial charge in [-0.1, -0.05) is 18.2 Å². The molecule has 1 atom stereocenters. The van der Waals surface area contributed by atoms with Crippen molar-refractivity contribution in [2.24, 2.45) is 0 Å². The van der Waals surface area contributed by atoms with Crippen LogP contribution < -0.4 is 0 Å². The molecule has 2 saturated heterocycles. The number of sulfonamides is 1. The van der Waals surface area contributed by atoms with Crippen molar-refractivity contribution in [3.63, 3.8) is 0 Å². The van der Waals surface area contributed by atoms with Crippen LogP contribution in [0, 0.1) is 6.92 Å². The SMILES string of the molecule is Cc1ccc(CN2CCC[C@@]23CCN(S(=O)(=O)c2ccccc2)C3)o1. The average molecular weight is 360 g/mol. The van der Waals surface area contributed by atoms with Gasteiger partial charge in [0.2, 0.25) is 10.0 Å². The molecule has 2 aromatic rings. The van der Waals surface area contributed by atoms with Crippen molar-refractivity contribution in [1.82, 2.24) is 9.21 Å². The van der Waals surface area contributed by atoms with Crippen LogP contribution in [0.4, 0.5) is 0 Å². The minimum Gasteiger partial charge on any atom is -0.465 e. The van der Waals surface area contributed by atoms with Crippen molar-refractivity contribution in [3.05, 3.63) is 54.0 Å². The van der Waals surface area contributed by atoms with Crippen molar-refractivity contribution < 1.29 is 12.8 Å². The van der Waals surface area contributed by atoms with Gasteiger partial charge in [0.15, 0.2) is 0 Å². The van der Waals surface area contributed by atoms with Crippen LogP contribution in [0.5, 0.6) is 0 Å². The third-order valence-electron chi connectivity index (χ3n) is 5.56. The van der Waals surface area contributed by atoms with Gasteiger partial charge >= 0.3 is 0 Å². The van der Waals surface area contributed by atoms with Crippen molar-refractivity contribution in [1.29, 1.82) is 0 Å². The molecule has 6 heteroatoms. The first-order valence-corrected chi connectivity index (χ1v) is 10.3. The molecule has 1 spiro atoms. The molecule has 2 aliphatic rings. The molecular formula is C19H24N2O3S. The van der Waals surface area contributed by atoms with Crippen LogP contribution in [0.3, 0.4) is 0 Å². The largest absolute Gasteiger partial charge is 0.465 e. The van der Waals surface area contributed by atoms with E-state index >= 15 is 0 Å². The molecule has 134 valence electrons. The Bertz CT molecular complexity index is 847. The molecule has 5 nitrogen and oxygen atoms in total. The Labute approximate surface area is 149 Å². The zero-order valence-electron chi connectivity index (χ0n) is 14.5. The fourth-order valence-corrected chi connectivity index (χ4v) is 5.77. The Morgan fingerprint density at radius 3 is 2.60 bits per heavy atom. The lowest BCUT2D eigenvalue weighted by Crippen LogP contribution is -2.46. The monoisotopic (exact) mass is 360 g/mol. The quantitative estimate of drug-likeness (QED) is 0.841. The minimum atomic E-state index is -3.41. The minimum absolute atomic E-state index is 0.0530. The number of likely N-dealkylation sites (tertiary alicyclic amines) is 1. The Balaban J connectivity index is 1.54. The first-order chi connectivity index (χ1) is 12.0. The van der Waals surface area contributed by atoms with Gasteiger partial charge in [-0.2, -0.15) is 4.31 Å². The van der Waals surface area contributed by atoms with Crippen LogP contribution >= 0.6 is 0 Å². The Kier molecular flexibility index (Phi) is 4.22. The highest BCUT2D eigenvalue weighted by Crippen LogP contribution is 2.40. The number of rotatable bonds is 4. The van der Waals surface area contributed by atoms with E-state index in [1.807, 2.05) is 25.1 Å². The number of hydrogen-bond donors (Lipinski definition) is 0. The summed E-state index contributed by atoms with van der Waals surface area (Å²) in [5.74, 6) is 1.88. The maximum absolute atomic E-state index is 12.9. The molecule has 4 rings (SSSR count). The fourth-order valence-electron chi connectivity index (χ4n) is 4.23. The second-order valence-corrected chi connectivity index (χ2v) is 9.10. The summed E-state index contributed by atoms with van der Waals surface area (Å²) in [5, 5.41) is 0. The first kappa shape index (κ1) is 16.8. The standard InChI is InChI=1S/C19H24N2O3S/c1-16-8-9-17(24-16)14-20-12-5-10-19(20)11-13-21(15-19)25(22,23)18-6-3-2-4-7-18/h2-4,6-9H,5,10-15H2,1H3/t19-/m0/s1. The number of aryl methyl sites for hydroxylation is 1. The number of benzene rings is 1. The lowest BCUT2D eigenvalue weighted by molar-refractivity contribution is 0.131. The third-order valence-corrected chi connectivity index (χ3v) is 7.42. The molecule has 1 aromatic carbocycles. The van der Waals surface area contributed by atoms with E-state index in [2.05, 4.69) is 4.90 Å². The van der Waals surface area contributed by atoms with E-state index in [-0.39, 0.29) is 5.54 Å². The van der Waals surface area contributed by atoms with Crippen LogP contribution in [-0.2, 0) is 16.6 Å². The molecule has 0 unspecified atom stereocenters. The molecule has 0 saturated carbocycles. The number of furan rings is 1. The smallest absolute Gasteiger partial charge is 0.243 e. The molecule has 0 N–H and O–H groups in total. The Hall–Kier alpha value is -1.63. The second kappa shape index (κ2) is 6.27. The van der Waals surface area contributed by atoms with E-state index in [0.29, 0.717) is 18.0 Å². The van der Waals surface area contributed by atoms with Gasteiger partial charge < -0.3 is 4.42 Å². The molecule has 0 aliphatic carbocycles. The van der Waals surface area contributed by atoms with Gasteiger partial charge in [0.1, 0.15) is 11.5 Å². The van der Waals surface area contributed by atoms with Gasteiger partial charge in [-0.25, -0.2) is 8.42 Å². The van der Waals surface area contributed by atoms with Crippen molar-refractivity contribution in [2.45, 2.75) is 43.2 Å². The molecule has 0 bridgehead atoms. The molecular weight excluding hydrogens is 336 g/mol. The van der Waals surface area contributed by atoms with Gasteiger partial charge in [0.05, 0.1) is 11.4 Å². The van der Waals surface area contributed by atoms with E-state index in [4.69, 9.17) is 4.42 Å². The van der Waals surface area contributed by atoms with E-state index in [0.717, 1.165) is 43.9 Å². The van der Waals surface area contributed by atoms with Crippen LogP contribution in [0.25, 0.3) is 0 Å². The Morgan fingerprint density at radius 2 is 1.88 bits per heavy atom. The van der Waals surface area contributed by atoms with E-state index in [1.54, 1.807) is 28.6 Å². The van der Waals surface area contributed by atoms with Crippen LogP contribution in [0.1, 0.15) is 30.8 Å². The summed E-state index contributed by atoms with van der Waals surface area (Å²) in [7, 11) is -3.41. The fraction of sp³-hybridized carbons (Fsp3) is 0.474. The molecule has 3 heterocycles. The predicted octanol–water partition coefficient (Wildman–Crippen LogP) is 3.02. The lowest BCUT2D eigenvalue weighted by Gasteiger charge is -2.34. The first-order valence-electron chi connectivity index (χ1n) is 8.85. The zero-order valence-corrected chi connectivity index (χ0v) is 15.3. The Morgan fingerprint density at radius 1 is 1.08 bits per heavy atom. The van der Waals surface area contributed by atoms with Gasteiger partial charge in [0, 0.05) is 18.6 Å². The van der Waals surface area contributed by atoms with E-state index < -0.39 is 10.0 Å². The van der Waals surface area contributed by atoms with Gasteiger partial charge in [-0.15, -0.1) is 0 Å². The predicted molar refractivity (Wildman–Crippen MR) is 95.6 cm³/mol. The maximum atomic E-state index is 12.9. The number of nitrogens with zero attached hydrogens (tertiary/aromatic N) is 2. The summed E-state index contributed by atoms with van der Waals surface area (Å²) >= 11 is 0. The second-order valence-electron chi connectivity index (χ2n) is 7.16. The third kappa shape index (κ3) is 3.03. The van der Waals surface area contributed by atoms with Gasteiger partial charge in [0.25, 0.3) is 0 Å². The van der Waals surface area contributed by atoms with Crippen molar-refractivity contribution >= 4 is 10.0 Å². The summed E-state index contributed by atoms with van der Waals surface area (Å²) in [5.41, 5.74) is -0.0530. The van der Waals surface area contributed by atoms with Crippen molar-refractivity contribution in [3.8, 4) is 0 Å². The maximum Gasteiger partial charge on any atom is 0.243 e. The topological polar surface area (TPSA) is 53.8 Å². The summed E-state index contributed by atoms with van der Waals surface area (Å²) in [4.78, 5) is 2.81. The highest BCUT2D eigenvalue weighted by atomic mass is 32.2. The normalized spacial score (nSPS) is 25.2.